The summed E-state index contributed by atoms with van der Waals surface area (Å²) in [6.07, 6.45) is 2.81. The van der Waals surface area contributed by atoms with Crippen LogP contribution >= 0.6 is 11.3 Å². The van der Waals surface area contributed by atoms with Crippen LogP contribution in [0.25, 0.3) is 17.3 Å². The number of non-ortho nitro benzene ring substituents is 1. The van der Waals surface area contributed by atoms with Crippen LogP contribution < -0.4 is 14.8 Å². The van der Waals surface area contributed by atoms with Crippen molar-refractivity contribution in [3.63, 3.8) is 0 Å². The Bertz CT molecular complexity index is 1080. The quantitative estimate of drug-likeness (QED) is 0.351. The van der Waals surface area contributed by atoms with Gasteiger partial charge in [0.1, 0.15) is 0 Å². The maximum Gasteiger partial charge on any atom is 0.270 e. The van der Waals surface area contributed by atoms with Crippen LogP contribution in [0.5, 0.6) is 11.5 Å². The molecule has 0 spiro atoms. The molecule has 1 N–H and O–H groups in total. The Balaban J connectivity index is 1.69. The van der Waals surface area contributed by atoms with Crippen LogP contribution in [0.1, 0.15) is 5.56 Å². The zero-order valence-corrected chi connectivity index (χ0v) is 16.4. The number of rotatable bonds is 7. The number of ether oxygens (including phenoxy) is 2. The minimum atomic E-state index is -0.483. The Morgan fingerprint density at radius 3 is 2.69 bits per heavy atom. The summed E-state index contributed by atoms with van der Waals surface area (Å²) in [5, 5.41) is 15.7. The Labute approximate surface area is 170 Å². The van der Waals surface area contributed by atoms with Crippen molar-refractivity contribution in [1.29, 1.82) is 0 Å². The second-order valence-electron chi connectivity index (χ2n) is 5.78. The van der Waals surface area contributed by atoms with Crippen molar-refractivity contribution in [1.82, 2.24) is 4.98 Å². The lowest BCUT2D eigenvalue weighted by Crippen LogP contribution is -2.07. The van der Waals surface area contributed by atoms with E-state index in [0.717, 1.165) is 5.56 Å². The molecule has 1 heterocycles. The minimum absolute atomic E-state index is 0.0351. The van der Waals surface area contributed by atoms with Crippen LogP contribution in [0.15, 0.2) is 53.9 Å². The first kappa shape index (κ1) is 20.0. The summed E-state index contributed by atoms with van der Waals surface area (Å²) < 4.78 is 10.5. The fourth-order valence-electron chi connectivity index (χ4n) is 2.52. The number of nitrogens with zero attached hydrogens (tertiary/aromatic N) is 2. The lowest BCUT2D eigenvalue weighted by Gasteiger charge is -2.08. The number of amides is 1. The van der Waals surface area contributed by atoms with Gasteiger partial charge in [0.05, 0.1) is 24.8 Å². The Hall–Kier alpha value is -3.72. The highest BCUT2D eigenvalue weighted by Gasteiger charge is 2.10. The van der Waals surface area contributed by atoms with E-state index in [1.165, 1.54) is 35.6 Å². The molecule has 0 unspecified atom stereocenters. The number of carbonyl (C=O) groups excluding carboxylic acids is 1. The summed E-state index contributed by atoms with van der Waals surface area (Å²) in [6, 6.07) is 11.5. The highest BCUT2D eigenvalue weighted by atomic mass is 32.1. The first-order valence-corrected chi connectivity index (χ1v) is 9.29. The average molecular weight is 411 g/mol. The molecule has 3 aromatic rings. The molecule has 2 aromatic carbocycles. The van der Waals surface area contributed by atoms with E-state index in [1.807, 2.05) is 17.5 Å². The number of methoxy groups -OCH3 is 2. The number of nitrogens with one attached hydrogen (secondary N) is 1. The van der Waals surface area contributed by atoms with E-state index in [0.29, 0.717) is 27.9 Å². The van der Waals surface area contributed by atoms with Gasteiger partial charge in [0.15, 0.2) is 16.6 Å². The molecule has 0 aliphatic heterocycles. The van der Waals surface area contributed by atoms with Crippen LogP contribution in [0.2, 0.25) is 0 Å². The summed E-state index contributed by atoms with van der Waals surface area (Å²) in [5.41, 5.74) is 2.03. The third-order valence-electron chi connectivity index (χ3n) is 3.92. The van der Waals surface area contributed by atoms with Crippen molar-refractivity contribution in [3.8, 4) is 22.8 Å². The van der Waals surface area contributed by atoms with Crippen LogP contribution in [-0.4, -0.2) is 30.0 Å². The molecule has 0 fully saturated rings. The van der Waals surface area contributed by atoms with Crippen molar-refractivity contribution in [3.05, 3.63) is 69.6 Å². The third kappa shape index (κ3) is 4.96. The zero-order valence-electron chi connectivity index (χ0n) is 15.6. The van der Waals surface area contributed by atoms with E-state index in [1.54, 1.807) is 32.4 Å². The summed E-state index contributed by atoms with van der Waals surface area (Å²) in [6.45, 7) is 0. The molecule has 0 aliphatic carbocycles. The molecular formula is C20H17N3O5S. The van der Waals surface area contributed by atoms with Gasteiger partial charge in [-0.1, -0.05) is 12.1 Å². The van der Waals surface area contributed by atoms with Crippen molar-refractivity contribution < 1.29 is 19.2 Å². The highest BCUT2D eigenvalue weighted by Crippen LogP contribution is 2.33. The van der Waals surface area contributed by atoms with E-state index in [9.17, 15) is 14.9 Å². The van der Waals surface area contributed by atoms with E-state index < -0.39 is 4.92 Å². The second-order valence-corrected chi connectivity index (χ2v) is 6.64. The minimum Gasteiger partial charge on any atom is -0.493 e. The summed E-state index contributed by atoms with van der Waals surface area (Å²) >= 11 is 1.29. The fraction of sp³-hybridized carbons (Fsp3) is 0.100. The molecule has 0 saturated heterocycles. The second kappa shape index (κ2) is 8.98. The number of thiazole rings is 1. The van der Waals surface area contributed by atoms with Gasteiger partial charge in [-0.05, 0) is 29.8 Å². The molecule has 0 aliphatic rings. The number of hydrogen-bond donors (Lipinski definition) is 1. The molecule has 0 atom stereocenters. The van der Waals surface area contributed by atoms with E-state index in [-0.39, 0.29) is 11.6 Å². The van der Waals surface area contributed by atoms with E-state index in [2.05, 4.69) is 10.3 Å². The van der Waals surface area contributed by atoms with Crippen molar-refractivity contribution in [2.45, 2.75) is 0 Å². The number of aromatic nitrogens is 1. The predicted octanol–water partition coefficient (Wildman–Crippen LogP) is 4.39. The normalized spacial score (nSPS) is 10.7. The highest BCUT2D eigenvalue weighted by molar-refractivity contribution is 7.14. The maximum atomic E-state index is 12.1. The first-order chi connectivity index (χ1) is 14.0. The summed E-state index contributed by atoms with van der Waals surface area (Å²) in [4.78, 5) is 26.9. The van der Waals surface area contributed by atoms with Crippen molar-refractivity contribution in [2.75, 3.05) is 19.5 Å². The molecular weight excluding hydrogens is 394 g/mol. The Morgan fingerprint density at radius 2 is 1.97 bits per heavy atom. The van der Waals surface area contributed by atoms with Crippen LogP contribution in [0, 0.1) is 10.1 Å². The molecule has 0 saturated carbocycles. The lowest BCUT2D eigenvalue weighted by atomic mass is 10.1. The van der Waals surface area contributed by atoms with E-state index >= 15 is 0 Å². The third-order valence-corrected chi connectivity index (χ3v) is 4.68. The summed E-state index contributed by atoms with van der Waals surface area (Å²) in [7, 11) is 3.12. The van der Waals surface area contributed by atoms with Gasteiger partial charge < -0.3 is 9.47 Å². The molecule has 0 bridgehead atoms. The number of anilines is 1. The SMILES string of the molecule is COc1ccc(-c2csc(NC(=O)C=Cc3cccc([N+](=O)[O-])c3)n2)cc1OC. The Morgan fingerprint density at radius 1 is 1.17 bits per heavy atom. The van der Waals surface area contributed by atoms with Gasteiger partial charge >= 0.3 is 0 Å². The molecule has 1 aromatic heterocycles. The van der Waals surface area contributed by atoms with Gasteiger partial charge in [0, 0.05) is 29.2 Å². The number of nitro benzene ring substituents is 1. The summed E-state index contributed by atoms with van der Waals surface area (Å²) in [5.74, 6) is 0.819. The van der Waals surface area contributed by atoms with Gasteiger partial charge in [-0.15, -0.1) is 11.3 Å². The number of nitro groups is 1. The van der Waals surface area contributed by atoms with Gasteiger partial charge in [-0.3, -0.25) is 20.2 Å². The predicted molar refractivity (Wildman–Crippen MR) is 111 cm³/mol. The standard InChI is InChI=1S/C20H17N3O5S/c1-27-17-8-7-14(11-18(17)28-2)16-12-29-20(21-16)22-19(24)9-6-13-4-3-5-15(10-13)23(25)26/h3-12H,1-2H3,(H,21,22,24). The molecule has 3 rings (SSSR count). The molecule has 0 radical (unpaired) electrons. The van der Waals surface area contributed by atoms with Crippen molar-refractivity contribution >= 4 is 34.1 Å². The molecule has 1 amide bonds. The molecule has 148 valence electrons. The number of hydrogen-bond acceptors (Lipinski definition) is 7. The first-order valence-electron chi connectivity index (χ1n) is 8.41. The Kier molecular flexibility index (Phi) is 6.20. The topological polar surface area (TPSA) is 104 Å². The lowest BCUT2D eigenvalue weighted by molar-refractivity contribution is -0.384. The number of benzene rings is 2. The largest absolute Gasteiger partial charge is 0.493 e. The van der Waals surface area contributed by atoms with E-state index in [4.69, 9.17) is 9.47 Å². The number of carbonyl (C=O) groups is 1. The fourth-order valence-corrected chi connectivity index (χ4v) is 3.24. The van der Waals surface area contributed by atoms with Gasteiger partial charge in [0.25, 0.3) is 5.69 Å². The maximum absolute atomic E-state index is 12.1. The molecule has 9 heteroatoms. The van der Waals surface area contributed by atoms with Gasteiger partial charge in [-0.2, -0.15) is 0 Å². The zero-order chi connectivity index (χ0) is 20.8. The van der Waals surface area contributed by atoms with Crippen LogP contribution in [-0.2, 0) is 4.79 Å². The van der Waals surface area contributed by atoms with Crippen molar-refractivity contribution in [2.24, 2.45) is 0 Å². The smallest absolute Gasteiger partial charge is 0.270 e. The average Bonchev–Trinajstić information content (AvgIpc) is 3.20. The van der Waals surface area contributed by atoms with Gasteiger partial charge in [-0.25, -0.2) is 4.98 Å². The van der Waals surface area contributed by atoms with Gasteiger partial charge in [0.2, 0.25) is 5.91 Å². The van der Waals surface area contributed by atoms with Crippen LogP contribution in [0.3, 0.4) is 0 Å². The van der Waals surface area contributed by atoms with Crippen LogP contribution in [0.4, 0.5) is 10.8 Å². The molecule has 8 nitrogen and oxygen atoms in total. The molecule has 29 heavy (non-hydrogen) atoms. The monoisotopic (exact) mass is 411 g/mol.